The van der Waals surface area contributed by atoms with Crippen molar-refractivity contribution < 1.29 is 4.74 Å². The summed E-state index contributed by atoms with van der Waals surface area (Å²) >= 11 is 5.40. The predicted octanol–water partition coefficient (Wildman–Crippen LogP) is 3.09. The molecule has 1 saturated heterocycles. The van der Waals surface area contributed by atoms with Gasteiger partial charge in [-0.25, -0.2) is 0 Å². The fraction of sp³-hybridized carbons (Fsp3) is 0.643. The minimum atomic E-state index is 0.0771. The molecule has 0 spiro atoms. The van der Waals surface area contributed by atoms with Crippen LogP contribution in [0.25, 0.3) is 0 Å². The summed E-state index contributed by atoms with van der Waals surface area (Å²) in [4.78, 5) is 0.877. The molecule has 17 heavy (non-hydrogen) atoms. The van der Waals surface area contributed by atoms with Gasteiger partial charge >= 0.3 is 0 Å². The van der Waals surface area contributed by atoms with Crippen LogP contribution in [-0.2, 0) is 4.74 Å². The van der Waals surface area contributed by atoms with Gasteiger partial charge in [0.1, 0.15) is 22.9 Å². The van der Waals surface area contributed by atoms with Gasteiger partial charge in [0.05, 0.1) is 0 Å². The van der Waals surface area contributed by atoms with E-state index in [2.05, 4.69) is 24.4 Å². The first-order valence-corrected chi connectivity index (χ1v) is 7.07. The molecule has 3 atom stereocenters. The Morgan fingerprint density at radius 2 is 2.35 bits per heavy atom. The lowest BCUT2D eigenvalue weighted by molar-refractivity contribution is 0.126. The molecule has 0 bridgehead atoms. The maximum Gasteiger partial charge on any atom is 0.148 e. The van der Waals surface area contributed by atoms with E-state index in [1.165, 1.54) is 24.8 Å². The number of thiocarbonyl (C=S) groups is 1. The number of allylic oxidation sites excluding steroid dienone is 2. The monoisotopic (exact) mass is 249 g/mol. The second-order valence-corrected chi connectivity index (χ2v) is 5.57. The second-order valence-electron chi connectivity index (χ2n) is 5.13. The average Bonchev–Trinajstić information content (AvgIpc) is 2.38. The Bertz CT molecular complexity index is 399. The van der Waals surface area contributed by atoms with Crippen molar-refractivity contribution in [2.24, 2.45) is 5.92 Å². The molecule has 3 unspecified atom stereocenters. The van der Waals surface area contributed by atoms with E-state index in [1.807, 2.05) is 0 Å². The molecule has 2 aliphatic carbocycles. The van der Waals surface area contributed by atoms with Gasteiger partial charge in [-0.1, -0.05) is 25.2 Å². The Morgan fingerprint density at radius 3 is 3.18 bits per heavy atom. The molecule has 0 radical (unpaired) electrons. The topological polar surface area (TPSA) is 21.3 Å². The number of fused-ring (bicyclic) bond motifs is 3. The van der Waals surface area contributed by atoms with Gasteiger partial charge in [0, 0.05) is 0 Å². The fourth-order valence-corrected chi connectivity index (χ4v) is 3.44. The van der Waals surface area contributed by atoms with Crippen LogP contribution in [0.2, 0.25) is 0 Å². The number of hydrogen-bond donors (Lipinski definition) is 1. The Morgan fingerprint density at radius 1 is 1.47 bits per heavy atom. The molecule has 1 aliphatic heterocycles. The van der Waals surface area contributed by atoms with E-state index in [-0.39, 0.29) is 12.1 Å². The number of ether oxygens (including phenoxy) is 1. The SMILES string of the molecule is CCC1OC2=CCC3CCCC=C3C2NC1=S. The number of morpholine rings is 1. The van der Waals surface area contributed by atoms with Gasteiger partial charge in [0.15, 0.2) is 0 Å². The Labute approximate surface area is 108 Å². The van der Waals surface area contributed by atoms with Crippen LogP contribution in [0.4, 0.5) is 0 Å². The van der Waals surface area contributed by atoms with Crippen LogP contribution >= 0.6 is 12.2 Å². The van der Waals surface area contributed by atoms with Gasteiger partial charge in [-0.05, 0) is 49.7 Å². The summed E-state index contributed by atoms with van der Waals surface area (Å²) in [6, 6.07) is 0.240. The van der Waals surface area contributed by atoms with E-state index in [9.17, 15) is 0 Å². The third-order valence-corrected chi connectivity index (χ3v) is 4.44. The van der Waals surface area contributed by atoms with Crippen molar-refractivity contribution in [3.05, 3.63) is 23.5 Å². The van der Waals surface area contributed by atoms with E-state index < -0.39 is 0 Å². The molecule has 0 amide bonds. The van der Waals surface area contributed by atoms with Crippen LogP contribution < -0.4 is 5.32 Å². The van der Waals surface area contributed by atoms with Crippen molar-refractivity contribution in [1.29, 1.82) is 0 Å². The standard InChI is InChI=1S/C14H19NOS/c1-2-11-14(17)15-13-10-6-4-3-5-9(10)7-8-12(13)16-11/h6,8-9,11,13H,2-5,7H2,1H3,(H,15,17). The summed E-state index contributed by atoms with van der Waals surface area (Å²) in [7, 11) is 0. The van der Waals surface area contributed by atoms with Crippen molar-refractivity contribution in [1.82, 2.24) is 5.32 Å². The van der Waals surface area contributed by atoms with Gasteiger partial charge in [0.2, 0.25) is 0 Å². The minimum absolute atomic E-state index is 0.0771. The lowest BCUT2D eigenvalue weighted by atomic mass is 9.77. The molecule has 0 aromatic heterocycles. The summed E-state index contributed by atoms with van der Waals surface area (Å²) < 4.78 is 6.02. The molecule has 0 aromatic rings. The lowest BCUT2D eigenvalue weighted by Crippen LogP contribution is -2.51. The molecule has 3 rings (SSSR count). The Balaban J connectivity index is 1.88. The number of nitrogens with one attached hydrogen (secondary N) is 1. The molecule has 1 fully saturated rings. The minimum Gasteiger partial charge on any atom is -0.485 e. The molecule has 1 heterocycles. The highest BCUT2D eigenvalue weighted by Crippen LogP contribution is 2.38. The smallest absolute Gasteiger partial charge is 0.148 e. The molecular weight excluding hydrogens is 230 g/mol. The maximum absolute atomic E-state index is 6.02. The zero-order valence-electron chi connectivity index (χ0n) is 10.2. The van der Waals surface area contributed by atoms with Crippen molar-refractivity contribution in [3.63, 3.8) is 0 Å². The lowest BCUT2D eigenvalue weighted by Gasteiger charge is -2.41. The normalized spacial score (nSPS) is 35.8. The molecule has 92 valence electrons. The molecule has 1 N–H and O–H groups in total. The fourth-order valence-electron chi connectivity index (χ4n) is 3.11. The third kappa shape index (κ3) is 1.90. The highest BCUT2D eigenvalue weighted by molar-refractivity contribution is 7.80. The zero-order chi connectivity index (χ0) is 11.8. The van der Waals surface area contributed by atoms with Crippen molar-refractivity contribution in [2.45, 2.75) is 51.2 Å². The molecular formula is C14H19NOS. The molecule has 0 saturated carbocycles. The van der Waals surface area contributed by atoms with Crippen LogP contribution in [0.1, 0.15) is 39.0 Å². The molecule has 0 aromatic carbocycles. The highest BCUT2D eigenvalue weighted by Gasteiger charge is 2.37. The summed E-state index contributed by atoms with van der Waals surface area (Å²) in [5.41, 5.74) is 1.52. The first kappa shape index (κ1) is 11.3. The van der Waals surface area contributed by atoms with Gasteiger partial charge in [-0.3, -0.25) is 0 Å². The Hall–Kier alpha value is -0.830. The van der Waals surface area contributed by atoms with Gasteiger partial charge in [0.25, 0.3) is 0 Å². The van der Waals surface area contributed by atoms with Crippen molar-refractivity contribution in [3.8, 4) is 0 Å². The largest absolute Gasteiger partial charge is 0.485 e. The Kier molecular flexibility index (Phi) is 2.95. The van der Waals surface area contributed by atoms with E-state index in [4.69, 9.17) is 17.0 Å². The summed E-state index contributed by atoms with van der Waals surface area (Å²) in [6.07, 6.45) is 10.7. The highest BCUT2D eigenvalue weighted by atomic mass is 32.1. The summed E-state index contributed by atoms with van der Waals surface area (Å²) in [5, 5.41) is 3.49. The average molecular weight is 249 g/mol. The number of hydrogen-bond acceptors (Lipinski definition) is 2. The van der Waals surface area contributed by atoms with Crippen LogP contribution in [0.5, 0.6) is 0 Å². The van der Waals surface area contributed by atoms with Gasteiger partial charge < -0.3 is 10.1 Å². The van der Waals surface area contributed by atoms with Gasteiger partial charge in [-0.2, -0.15) is 0 Å². The third-order valence-electron chi connectivity index (χ3n) is 4.06. The van der Waals surface area contributed by atoms with E-state index >= 15 is 0 Å². The van der Waals surface area contributed by atoms with E-state index in [1.54, 1.807) is 0 Å². The zero-order valence-corrected chi connectivity index (χ0v) is 11.1. The van der Waals surface area contributed by atoms with Crippen LogP contribution in [0.15, 0.2) is 23.5 Å². The van der Waals surface area contributed by atoms with Crippen LogP contribution in [-0.4, -0.2) is 17.1 Å². The van der Waals surface area contributed by atoms with Crippen molar-refractivity contribution in [2.75, 3.05) is 0 Å². The maximum atomic E-state index is 6.02. The van der Waals surface area contributed by atoms with Gasteiger partial charge in [-0.15, -0.1) is 0 Å². The summed E-state index contributed by atoms with van der Waals surface area (Å²) in [5.74, 6) is 1.82. The van der Waals surface area contributed by atoms with Crippen LogP contribution in [0, 0.1) is 5.92 Å². The predicted molar refractivity (Wildman–Crippen MR) is 72.8 cm³/mol. The molecule has 3 aliphatic rings. The van der Waals surface area contributed by atoms with Crippen LogP contribution in [0.3, 0.4) is 0 Å². The van der Waals surface area contributed by atoms with E-state index in [0.29, 0.717) is 0 Å². The number of rotatable bonds is 1. The first-order valence-electron chi connectivity index (χ1n) is 6.66. The first-order chi connectivity index (χ1) is 8.29. The van der Waals surface area contributed by atoms with E-state index in [0.717, 1.165) is 29.5 Å². The molecule has 2 nitrogen and oxygen atoms in total. The summed E-state index contributed by atoms with van der Waals surface area (Å²) in [6.45, 7) is 2.12. The molecule has 3 heteroatoms. The van der Waals surface area contributed by atoms with Crippen molar-refractivity contribution >= 4 is 17.2 Å². The quantitative estimate of drug-likeness (QED) is 0.570. The second kappa shape index (κ2) is 4.45.